The van der Waals surface area contributed by atoms with Gasteiger partial charge < -0.3 is 14.3 Å². The van der Waals surface area contributed by atoms with E-state index in [1.54, 1.807) is 6.92 Å². The van der Waals surface area contributed by atoms with Crippen LogP contribution in [0.2, 0.25) is 16.6 Å². The Hall–Kier alpha value is -0.193. The smallest absolute Gasteiger partial charge is 0.200 e. The van der Waals surface area contributed by atoms with Gasteiger partial charge in [0.25, 0.3) is 0 Å². The molecule has 1 atom stereocenters. The van der Waals surface area contributed by atoms with E-state index in [9.17, 15) is 9.90 Å². The minimum Gasteiger partial charge on any atom is -0.416 e. The Labute approximate surface area is 119 Å². The third kappa shape index (κ3) is 5.01. The van der Waals surface area contributed by atoms with Crippen molar-refractivity contribution in [1.82, 2.24) is 0 Å². The van der Waals surface area contributed by atoms with Crippen molar-refractivity contribution in [3.63, 3.8) is 0 Å². The molecule has 0 radical (unpaired) electrons. The lowest BCUT2D eigenvalue weighted by Gasteiger charge is -2.42. The fraction of sp³-hybridized carbons (Fsp3) is 0.933. The predicted octanol–water partition coefficient (Wildman–Crippen LogP) is 3.91. The summed E-state index contributed by atoms with van der Waals surface area (Å²) < 4.78 is 6.36. The molecule has 0 saturated heterocycles. The van der Waals surface area contributed by atoms with Crippen molar-refractivity contribution in [2.45, 2.75) is 83.5 Å². The molecular formula is C15H32O3Si. The van der Waals surface area contributed by atoms with Crippen LogP contribution in [0, 0.1) is 0 Å². The van der Waals surface area contributed by atoms with E-state index in [1.165, 1.54) is 0 Å². The largest absolute Gasteiger partial charge is 0.416 e. The van der Waals surface area contributed by atoms with Crippen molar-refractivity contribution in [2.75, 3.05) is 6.61 Å². The summed E-state index contributed by atoms with van der Waals surface area (Å²) in [5.74, 6) is 0. The van der Waals surface area contributed by atoms with E-state index < -0.39 is 13.9 Å². The summed E-state index contributed by atoms with van der Waals surface area (Å²) in [5, 5.41) is 10.0. The summed E-state index contributed by atoms with van der Waals surface area (Å²) in [4.78, 5) is 10.5. The first kappa shape index (κ1) is 18.8. The third-order valence-corrected chi connectivity index (χ3v) is 10.3. The van der Waals surface area contributed by atoms with Crippen LogP contribution in [0.25, 0.3) is 0 Å². The van der Waals surface area contributed by atoms with Gasteiger partial charge in [-0.25, -0.2) is 0 Å². The second-order valence-electron chi connectivity index (χ2n) is 6.78. The molecular weight excluding hydrogens is 256 g/mol. The molecule has 4 heteroatoms. The molecule has 3 nitrogen and oxygen atoms in total. The van der Waals surface area contributed by atoms with Gasteiger partial charge in [0, 0.05) is 13.0 Å². The van der Waals surface area contributed by atoms with Gasteiger partial charge >= 0.3 is 0 Å². The first-order chi connectivity index (χ1) is 8.60. The van der Waals surface area contributed by atoms with Crippen LogP contribution in [-0.2, 0) is 9.22 Å². The van der Waals surface area contributed by atoms with Crippen LogP contribution in [0.3, 0.4) is 0 Å². The number of aldehydes is 1. The molecule has 0 aromatic heterocycles. The third-order valence-electron chi connectivity index (χ3n) is 4.22. The topological polar surface area (TPSA) is 46.5 Å². The fourth-order valence-corrected chi connectivity index (χ4v) is 8.68. The van der Waals surface area contributed by atoms with Gasteiger partial charge in [0.05, 0.1) is 5.60 Å². The summed E-state index contributed by atoms with van der Waals surface area (Å²) in [7, 11) is -1.85. The van der Waals surface area contributed by atoms with Gasteiger partial charge in [0.1, 0.15) is 6.29 Å². The Morgan fingerprint density at radius 2 is 1.53 bits per heavy atom. The second-order valence-corrected chi connectivity index (χ2v) is 12.2. The van der Waals surface area contributed by atoms with Gasteiger partial charge in [-0.3, -0.25) is 0 Å². The van der Waals surface area contributed by atoms with Crippen LogP contribution in [0.5, 0.6) is 0 Å². The van der Waals surface area contributed by atoms with Crippen LogP contribution >= 0.6 is 0 Å². The minimum atomic E-state index is -1.85. The maximum Gasteiger partial charge on any atom is 0.200 e. The lowest BCUT2D eigenvalue weighted by atomic mass is 10.00. The van der Waals surface area contributed by atoms with Crippen LogP contribution < -0.4 is 0 Å². The quantitative estimate of drug-likeness (QED) is 0.517. The molecule has 0 aromatic carbocycles. The zero-order valence-corrected chi connectivity index (χ0v) is 14.7. The van der Waals surface area contributed by atoms with Crippen molar-refractivity contribution < 1.29 is 14.3 Å². The van der Waals surface area contributed by atoms with Crippen molar-refractivity contribution in [3.05, 3.63) is 0 Å². The maximum atomic E-state index is 10.5. The molecule has 0 fully saturated rings. The zero-order valence-electron chi connectivity index (χ0n) is 13.7. The SMILES string of the molecule is CC(C)[Si](OCC[C@@](C)(O)CC=O)(C(C)C)C(C)C. The average molecular weight is 289 g/mol. The minimum absolute atomic E-state index is 0.177. The van der Waals surface area contributed by atoms with E-state index in [0.29, 0.717) is 29.7 Å². The Morgan fingerprint density at radius 1 is 1.11 bits per heavy atom. The first-order valence-electron chi connectivity index (χ1n) is 7.40. The number of hydrogen-bond donors (Lipinski definition) is 1. The molecule has 0 rings (SSSR count). The Kier molecular flexibility index (Phi) is 7.48. The Bertz CT molecular complexity index is 251. The highest BCUT2D eigenvalue weighted by Crippen LogP contribution is 2.42. The molecule has 0 aromatic rings. The van der Waals surface area contributed by atoms with Gasteiger partial charge in [-0.2, -0.15) is 0 Å². The number of rotatable bonds is 9. The molecule has 1 N–H and O–H groups in total. The predicted molar refractivity (Wildman–Crippen MR) is 82.9 cm³/mol. The maximum absolute atomic E-state index is 10.5. The zero-order chi connectivity index (χ0) is 15.3. The normalized spacial score (nSPS) is 16.2. The monoisotopic (exact) mass is 288 g/mol. The van der Waals surface area contributed by atoms with Gasteiger partial charge in [-0.05, 0) is 30.0 Å². The number of aliphatic hydroxyl groups is 1. The molecule has 114 valence electrons. The van der Waals surface area contributed by atoms with E-state index in [2.05, 4.69) is 41.5 Å². The molecule has 0 aliphatic carbocycles. The highest BCUT2D eigenvalue weighted by atomic mass is 28.4. The fourth-order valence-electron chi connectivity index (χ4n) is 3.23. The van der Waals surface area contributed by atoms with Gasteiger partial charge in [0.2, 0.25) is 0 Å². The second kappa shape index (κ2) is 7.55. The molecule has 0 aliphatic rings. The molecule has 19 heavy (non-hydrogen) atoms. The number of carbonyl (C=O) groups excluding carboxylic acids is 1. The summed E-state index contributed by atoms with van der Waals surface area (Å²) in [6, 6.07) is 0. The van der Waals surface area contributed by atoms with Crippen LogP contribution in [-0.4, -0.2) is 31.9 Å². The average Bonchev–Trinajstić information content (AvgIpc) is 2.22. The van der Waals surface area contributed by atoms with Crippen molar-refractivity contribution in [3.8, 4) is 0 Å². The molecule has 0 amide bonds. The molecule has 0 heterocycles. The molecule has 0 saturated carbocycles. The van der Waals surface area contributed by atoms with Crippen LogP contribution in [0.4, 0.5) is 0 Å². The molecule has 0 unspecified atom stereocenters. The van der Waals surface area contributed by atoms with Gasteiger partial charge in [-0.15, -0.1) is 0 Å². The first-order valence-corrected chi connectivity index (χ1v) is 9.54. The molecule has 0 aliphatic heterocycles. The Balaban J connectivity index is 4.73. The Morgan fingerprint density at radius 3 is 1.84 bits per heavy atom. The van der Waals surface area contributed by atoms with E-state index in [4.69, 9.17) is 4.43 Å². The van der Waals surface area contributed by atoms with Crippen molar-refractivity contribution in [2.24, 2.45) is 0 Å². The lowest BCUT2D eigenvalue weighted by Crippen LogP contribution is -2.48. The van der Waals surface area contributed by atoms with E-state index in [-0.39, 0.29) is 6.42 Å². The highest BCUT2D eigenvalue weighted by Gasteiger charge is 2.45. The van der Waals surface area contributed by atoms with Crippen LogP contribution in [0.1, 0.15) is 61.3 Å². The summed E-state index contributed by atoms with van der Waals surface area (Å²) >= 11 is 0. The van der Waals surface area contributed by atoms with Gasteiger partial charge in [0.15, 0.2) is 8.32 Å². The van der Waals surface area contributed by atoms with Gasteiger partial charge in [-0.1, -0.05) is 41.5 Å². The van der Waals surface area contributed by atoms with E-state index in [1.807, 2.05) is 0 Å². The standard InChI is InChI=1S/C15H32O3Si/c1-12(2)19(13(3)4,14(5)6)18-11-9-15(7,17)8-10-16/h10,12-14,17H,8-9,11H2,1-7H3/t15-/m0/s1. The highest BCUT2D eigenvalue weighted by molar-refractivity contribution is 6.77. The lowest BCUT2D eigenvalue weighted by molar-refractivity contribution is -0.112. The van der Waals surface area contributed by atoms with E-state index in [0.717, 1.165) is 6.29 Å². The summed E-state index contributed by atoms with van der Waals surface area (Å²) in [5.41, 5.74) is 0.697. The van der Waals surface area contributed by atoms with Crippen molar-refractivity contribution in [1.29, 1.82) is 0 Å². The number of hydrogen-bond acceptors (Lipinski definition) is 3. The van der Waals surface area contributed by atoms with Crippen LogP contribution in [0.15, 0.2) is 0 Å². The van der Waals surface area contributed by atoms with Crippen molar-refractivity contribution >= 4 is 14.6 Å². The molecule has 0 spiro atoms. The van der Waals surface area contributed by atoms with E-state index >= 15 is 0 Å². The molecule has 0 bridgehead atoms. The summed E-state index contributed by atoms with van der Waals surface area (Å²) in [6.45, 7) is 15.7. The number of carbonyl (C=O) groups is 1. The summed E-state index contributed by atoms with van der Waals surface area (Å²) in [6.07, 6.45) is 1.47.